The molecule has 0 spiro atoms. The topological polar surface area (TPSA) is 102 Å². The molecule has 3 aromatic rings. The molecule has 8 nitrogen and oxygen atoms in total. The summed E-state index contributed by atoms with van der Waals surface area (Å²) < 4.78 is 3.14. The van der Waals surface area contributed by atoms with E-state index in [0.29, 0.717) is 6.54 Å². The van der Waals surface area contributed by atoms with E-state index in [1.165, 1.54) is 17.1 Å². The zero-order valence-corrected chi connectivity index (χ0v) is 17.4. The lowest BCUT2D eigenvalue weighted by atomic mass is 10.2. The average Bonchev–Trinajstić information content (AvgIpc) is 3.08. The molecule has 28 heavy (non-hydrogen) atoms. The second-order valence-corrected chi connectivity index (χ2v) is 7.53. The van der Waals surface area contributed by atoms with Gasteiger partial charge in [0.15, 0.2) is 0 Å². The fourth-order valence-corrected chi connectivity index (χ4v) is 3.05. The molecule has 10 heteroatoms. The number of hydrogen-bond donors (Lipinski definition) is 1. The Morgan fingerprint density at radius 3 is 2.64 bits per heavy atom. The summed E-state index contributed by atoms with van der Waals surface area (Å²) in [6, 6.07) is 14.7. The lowest BCUT2D eigenvalue weighted by Crippen LogP contribution is -2.19. The van der Waals surface area contributed by atoms with Gasteiger partial charge in [-0.3, -0.25) is 19.6 Å². The highest BCUT2D eigenvalue weighted by atomic mass is 79.9. The van der Waals surface area contributed by atoms with Gasteiger partial charge >= 0.3 is 5.69 Å². The van der Waals surface area contributed by atoms with Gasteiger partial charge in [-0.1, -0.05) is 56.1 Å². The molecule has 0 aliphatic carbocycles. The van der Waals surface area contributed by atoms with E-state index in [1.807, 2.05) is 42.5 Å². The Morgan fingerprint density at radius 2 is 1.96 bits per heavy atom. The van der Waals surface area contributed by atoms with Crippen molar-refractivity contribution in [1.82, 2.24) is 15.2 Å². The Kier molecular flexibility index (Phi) is 6.32. The molecule has 0 unspecified atom stereocenters. The van der Waals surface area contributed by atoms with Gasteiger partial charge in [0.25, 0.3) is 5.91 Å². The van der Waals surface area contributed by atoms with Gasteiger partial charge in [-0.15, -0.1) is 0 Å². The molecular weight excluding hydrogens is 494 g/mol. The Balaban J connectivity index is 1.76. The molecule has 1 aromatic heterocycles. The molecule has 142 valence electrons. The minimum Gasteiger partial charge on any atom is -0.265 e. The first kappa shape index (κ1) is 19.9. The number of nitrogens with one attached hydrogen (secondary N) is 1. The van der Waals surface area contributed by atoms with E-state index in [0.717, 1.165) is 20.1 Å². The monoisotopic (exact) mass is 505 g/mol. The third kappa shape index (κ3) is 5.11. The molecule has 0 saturated carbocycles. The van der Waals surface area contributed by atoms with Gasteiger partial charge in [0.05, 0.1) is 17.7 Å². The van der Waals surface area contributed by atoms with Crippen molar-refractivity contribution < 1.29 is 9.72 Å². The third-order valence-electron chi connectivity index (χ3n) is 3.64. The quantitative estimate of drug-likeness (QED) is 0.308. The van der Waals surface area contributed by atoms with Gasteiger partial charge in [0, 0.05) is 8.95 Å². The summed E-state index contributed by atoms with van der Waals surface area (Å²) in [4.78, 5) is 23.0. The van der Waals surface area contributed by atoms with E-state index in [4.69, 9.17) is 0 Å². The maximum atomic E-state index is 12.3. The van der Waals surface area contributed by atoms with Crippen molar-refractivity contribution in [2.24, 2.45) is 5.10 Å². The van der Waals surface area contributed by atoms with E-state index in [-0.39, 0.29) is 11.4 Å². The number of amides is 1. The van der Waals surface area contributed by atoms with Gasteiger partial charge in [0.1, 0.15) is 6.20 Å². The Morgan fingerprint density at radius 1 is 1.21 bits per heavy atom. The van der Waals surface area contributed by atoms with Gasteiger partial charge in [-0.2, -0.15) is 10.2 Å². The van der Waals surface area contributed by atoms with E-state index in [9.17, 15) is 14.9 Å². The first-order valence-corrected chi connectivity index (χ1v) is 9.56. The lowest BCUT2D eigenvalue weighted by Gasteiger charge is -2.01. The van der Waals surface area contributed by atoms with Crippen LogP contribution in [0.5, 0.6) is 0 Å². The highest BCUT2D eigenvalue weighted by Crippen LogP contribution is 2.18. The number of aromatic nitrogens is 2. The van der Waals surface area contributed by atoms with Crippen LogP contribution in [0.1, 0.15) is 21.6 Å². The van der Waals surface area contributed by atoms with Crippen molar-refractivity contribution >= 4 is 49.7 Å². The Bertz CT molecular complexity index is 1050. The minimum atomic E-state index is -0.757. The summed E-state index contributed by atoms with van der Waals surface area (Å²) >= 11 is 6.69. The van der Waals surface area contributed by atoms with Crippen molar-refractivity contribution in [2.75, 3.05) is 0 Å². The zero-order chi connectivity index (χ0) is 20.1. The van der Waals surface area contributed by atoms with Crippen LogP contribution in [-0.4, -0.2) is 26.8 Å². The predicted molar refractivity (Wildman–Crippen MR) is 111 cm³/mol. The van der Waals surface area contributed by atoms with Gasteiger partial charge in [-0.05, 0) is 35.4 Å². The number of carbonyl (C=O) groups is 1. The molecule has 2 aromatic carbocycles. The minimum absolute atomic E-state index is 0.294. The van der Waals surface area contributed by atoms with Crippen LogP contribution >= 0.6 is 31.9 Å². The SMILES string of the molecule is O=C(NN=Cc1cccc(Br)c1)c1nn(Cc2ccc(Br)cc2)cc1[N+](=O)[O-]. The fourth-order valence-electron chi connectivity index (χ4n) is 2.37. The molecule has 0 atom stereocenters. The number of hydrogen-bond acceptors (Lipinski definition) is 5. The van der Waals surface area contributed by atoms with E-state index >= 15 is 0 Å². The summed E-state index contributed by atoms with van der Waals surface area (Å²) in [5, 5.41) is 19.2. The third-order valence-corrected chi connectivity index (χ3v) is 4.66. The number of nitro groups is 1. The highest BCUT2D eigenvalue weighted by molar-refractivity contribution is 9.10. The van der Waals surface area contributed by atoms with Crippen LogP contribution < -0.4 is 5.43 Å². The summed E-state index contributed by atoms with van der Waals surface area (Å²) in [5.74, 6) is -0.757. The first-order valence-electron chi connectivity index (χ1n) is 7.97. The molecule has 0 saturated heterocycles. The summed E-state index contributed by atoms with van der Waals surface area (Å²) in [7, 11) is 0. The van der Waals surface area contributed by atoms with Crippen molar-refractivity contribution in [1.29, 1.82) is 0 Å². The van der Waals surface area contributed by atoms with E-state index < -0.39 is 10.8 Å². The van der Waals surface area contributed by atoms with Crippen LogP contribution in [0, 0.1) is 10.1 Å². The van der Waals surface area contributed by atoms with Crippen LogP contribution in [-0.2, 0) is 6.54 Å². The predicted octanol–water partition coefficient (Wildman–Crippen LogP) is 4.13. The van der Waals surface area contributed by atoms with Gasteiger partial charge < -0.3 is 0 Å². The van der Waals surface area contributed by atoms with Crippen LogP contribution in [0.2, 0.25) is 0 Å². The molecule has 1 amide bonds. The number of hydrazone groups is 1. The summed E-state index contributed by atoms with van der Waals surface area (Å²) in [6.07, 6.45) is 2.67. The highest BCUT2D eigenvalue weighted by Gasteiger charge is 2.25. The average molecular weight is 507 g/mol. The van der Waals surface area contributed by atoms with Crippen molar-refractivity contribution in [3.05, 3.63) is 90.6 Å². The van der Waals surface area contributed by atoms with Gasteiger partial charge in [-0.25, -0.2) is 5.43 Å². The first-order chi connectivity index (χ1) is 13.4. The van der Waals surface area contributed by atoms with Crippen molar-refractivity contribution in [3.8, 4) is 0 Å². The summed E-state index contributed by atoms with van der Waals surface area (Å²) in [6.45, 7) is 0.294. The molecule has 1 heterocycles. The molecule has 0 aliphatic heterocycles. The molecular formula is C18H13Br2N5O3. The number of carbonyl (C=O) groups excluding carboxylic acids is 1. The zero-order valence-electron chi connectivity index (χ0n) is 14.3. The van der Waals surface area contributed by atoms with Crippen molar-refractivity contribution in [3.63, 3.8) is 0 Å². The number of nitrogens with zero attached hydrogens (tertiary/aromatic N) is 4. The van der Waals surface area contributed by atoms with Gasteiger partial charge in [0.2, 0.25) is 5.69 Å². The molecule has 3 rings (SSSR count). The number of halogens is 2. The van der Waals surface area contributed by atoms with Crippen molar-refractivity contribution in [2.45, 2.75) is 6.54 Å². The smallest absolute Gasteiger partial charge is 0.265 e. The Hall–Kier alpha value is -2.85. The molecule has 0 fully saturated rings. The molecule has 1 N–H and O–H groups in total. The van der Waals surface area contributed by atoms with E-state index in [2.05, 4.69) is 47.5 Å². The largest absolute Gasteiger partial charge is 0.320 e. The normalized spacial score (nSPS) is 10.9. The number of rotatable bonds is 6. The molecule has 0 radical (unpaired) electrons. The lowest BCUT2D eigenvalue weighted by molar-refractivity contribution is -0.385. The second kappa shape index (κ2) is 8.89. The maximum absolute atomic E-state index is 12.3. The second-order valence-electron chi connectivity index (χ2n) is 5.70. The standard InChI is InChI=1S/C18H13Br2N5O3/c19-14-6-4-12(5-7-14)10-24-11-16(25(27)28)17(23-24)18(26)22-21-9-13-2-1-3-15(20)8-13/h1-9,11H,10H2,(H,22,26). The Labute approximate surface area is 176 Å². The molecule has 0 bridgehead atoms. The van der Waals surface area contributed by atoms with Crippen LogP contribution in [0.15, 0.2) is 68.8 Å². The fraction of sp³-hybridized carbons (Fsp3) is 0.0556. The van der Waals surface area contributed by atoms with Crippen LogP contribution in [0.25, 0.3) is 0 Å². The van der Waals surface area contributed by atoms with Crippen LogP contribution in [0.4, 0.5) is 5.69 Å². The van der Waals surface area contributed by atoms with Crippen LogP contribution in [0.3, 0.4) is 0 Å². The van der Waals surface area contributed by atoms with E-state index in [1.54, 1.807) is 6.07 Å². The maximum Gasteiger partial charge on any atom is 0.320 e. The number of benzene rings is 2. The molecule has 0 aliphatic rings. The summed E-state index contributed by atoms with van der Waals surface area (Å²) in [5.41, 5.74) is 3.24.